The third kappa shape index (κ3) is 5.09. The predicted octanol–water partition coefficient (Wildman–Crippen LogP) is 3.81. The maximum atomic E-state index is 13.5. The quantitative estimate of drug-likeness (QED) is 0.785. The molecule has 0 amide bonds. The lowest BCUT2D eigenvalue weighted by atomic mass is 9.98. The minimum absolute atomic E-state index is 0.142. The van der Waals surface area contributed by atoms with Crippen molar-refractivity contribution in [3.05, 3.63) is 34.6 Å². The van der Waals surface area contributed by atoms with Crippen molar-refractivity contribution in [1.29, 1.82) is 0 Å². The van der Waals surface area contributed by atoms with Crippen molar-refractivity contribution in [2.24, 2.45) is 0 Å². The van der Waals surface area contributed by atoms with E-state index in [4.69, 9.17) is 16.3 Å². The average molecular weight is 288 g/mol. The molecule has 4 heteroatoms. The van der Waals surface area contributed by atoms with Crippen molar-refractivity contribution >= 4 is 11.6 Å². The molecule has 2 atom stereocenters. The third-order valence-corrected chi connectivity index (χ3v) is 3.54. The van der Waals surface area contributed by atoms with Gasteiger partial charge in [0.05, 0.1) is 11.1 Å². The summed E-state index contributed by atoms with van der Waals surface area (Å²) in [7, 11) is 1.73. The second kappa shape index (κ2) is 8.51. The Morgan fingerprint density at radius 2 is 2.11 bits per heavy atom. The smallest absolute Gasteiger partial charge is 0.142 e. The fourth-order valence-electron chi connectivity index (χ4n) is 2.29. The highest BCUT2D eigenvalue weighted by molar-refractivity contribution is 6.30. The van der Waals surface area contributed by atoms with E-state index in [2.05, 4.69) is 19.2 Å². The van der Waals surface area contributed by atoms with Gasteiger partial charge in [-0.3, -0.25) is 0 Å². The number of ether oxygens (including phenoxy) is 1. The molecule has 1 N–H and O–H groups in total. The number of likely N-dealkylation sites (N-methyl/N-ethyl adjacent to an activating group) is 1. The standard InChI is InChI=1S/C15H23ClFNO/c1-4-6-15(19-3)14(18-5-2)10-11-7-8-12(16)13(17)9-11/h7-9,14-15,18H,4-6,10H2,1-3H3. The first-order valence-corrected chi connectivity index (χ1v) is 7.20. The average Bonchev–Trinajstić information content (AvgIpc) is 2.40. The van der Waals surface area contributed by atoms with Gasteiger partial charge in [0.15, 0.2) is 0 Å². The summed E-state index contributed by atoms with van der Waals surface area (Å²) in [5.74, 6) is -0.362. The first-order chi connectivity index (χ1) is 9.12. The van der Waals surface area contributed by atoms with Crippen LogP contribution in [0.4, 0.5) is 4.39 Å². The minimum atomic E-state index is -0.362. The number of hydrogen-bond acceptors (Lipinski definition) is 2. The summed E-state index contributed by atoms with van der Waals surface area (Å²) in [6.45, 7) is 5.06. The van der Waals surface area contributed by atoms with Gasteiger partial charge in [-0.25, -0.2) is 4.39 Å². The summed E-state index contributed by atoms with van der Waals surface area (Å²) in [5.41, 5.74) is 0.936. The van der Waals surface area contributed by atoms with Gasteiger partial charge in [0.25, 0.3) is 0 Å². The molecule has 1 rings (SSSR count). The lowest BCUT2D eigenvalue weighted by Crippen LogP contribution is -2.42. The molecule has 0 bridgehead atoms. The van der Waals surface area contributed by atoms with Gasteiger partial charge < -0.3 is 10.1 Å². The van der Waals surface area contributed by atoms with Crippen molar-refractivity contribution < 1.29 is 9.13 Å². The summed E-state index contributed by atoms with van der Waals surface area (Å²) >= 11 is 5.70. The van der Waals surface area contributed by atoms with Crippen molar-refractivity contribution in [2.45, 2.75) is 45.3 Å². The highest BCUT2D eigenvalue weighted by Gasteiger charge is 2.20. The predicted molar refractivity (Wildman–Crippen MR) is 78.3 cm³/mol. The number of hydrogen-bond donors (Lipinski definition) is 1. The summed E-state index contributed by atoms with van der Waals surface area (Å²) in [4.78, 5) is 0. The number of halogens is 2. The Labute approximate surface area is 120 Å². The normalized spacial score (nSPS) is 14.4. The zero-order chi connectivity index (χ0) is 14.3. The molecule has 0 saturated heterocycles. The zero-order valence-electron chi connectivity index (χ0n) is 11.9. The molecule has 0 aliphatic carbocycles. The molecule has 2 nitrogen and oxygen atoms in total. The number of benzene rings is 1. The Kier molecular flexibility index (Phi) is 7.36. The van der Waals surface area contributed by atoms with Crippen LogP contribution in [0.15, 0.2) is 18.2 Å². The lowest BCUT2D eigenvalue weighted by Gasteiger charge is -2.26. The molecule has 0 heterocycles. The van der Waals surface area contributed by atoms with Crippen molar-refractivity contribution in [2.75, 3.05) is 13.7 Å². The second-order valence-electron chi connectivity index (χ2n) is 4.68. The first-order valence-electron chi connectivity index (χ1n) is 6.82. The highest BCUT2D eigenvalue weighted by atomic mass is 35.5. The molecule has 1 aromatic rings. The number of rotatable bonds is 8. The van der Waals surface area contributed by atoms with Gasteiger partial charge in [-0.2, -0.15) is 0 Å². The van der Waals surface area contributed by atoms with E-state index in [0.29, 0.717) is 0 Å². The molecule has 1 aromatic carbocycles. The van der Waals surface area contributed by atoms with Crippen molar-refractivity contribution in [3.8, 4) is 0 Å². The van der Waals surface area contributed by atoms with Gasteiger partial charge in [0.1, 0.15) is 5.82 Å². The molecule has 0 aliphatic rings. The van der Waals surface area contributed by atoms with Gasteiger partial charge in [-0.1, -0.05) is 37.9 Å². The topological polar surface area (TPSA) is 21.3 Å². The van der Waals surface area contributed by atoms with Gasteiger partial charge in [0.2, 0.25) is 0 Å². The second-order valence-corrected chi connectivity index (χ2v) is 5.09. The Bertz CT molecular complexity index is 386. The van der Waals surface area contributed by atoms with E-state index in [0.717, 1.165) is 31.4 Å². The number of nitrogens with one attached hydrogen (secondary N) is 1. The molecule has 0 radical (unpaired) electrons. The zero-order valence-corrected chi connectivity index (χ0v) is 12.6. The molecule has 108 valence electrons. The molecule has 19 heavy (non-hydrogen) atoms. The fraction of sp³-hybridized carbons (Fsp3) is 0.600. The van der Waals surface area contributed by atoms with Crippen LogP contribution >= 0.6 is 11.6 Å². The van der Waals surface area contributed by atoms with E-state index in [1.54, 1.807) is 13.2 Å². The molecular formula is C15H23ClFNO. The van der Waals surface area contributed by atoms with Crippen LogP contribution in [-0.2, 0) is 11.2 Å². The van der Waals surface area contributed by atoms with E-state index in [-0.39, 0.29) is 23.0 Å². The number of methoxy groups -OCH3 is 1. The fourth-order valence-corrected chi connectivity index (χ4v) is 2.40. The molecule has 0 saturated carbocycles. The lowest BCUT2D eigenvalue weighted by molar-refractivity contribution is 0.0614. The molecule has 0 aliphatic heterocycles. The monoisotopic (exact) mass is 287 g/mol. The SMILES string of the molecule is CCCC(OC)C(Cc1ccc(Cl)c(F)c1)NCC. The maximum Gasteiger partial charge on any atom is 0.142 e. The van der Waals surface area contributed by atoms with Crippen LogP contribution < -0.4 is 5.32 Å². The van der Waals surface area contributed by atoms with Crippen molar-refractivity contribution in [3.63, 3.8) is 0 Å². The van der Waals surface area contributed by atoms with Gasteiger partial charge in [-0.15, -0.1) is 0 Å². The Hall–Kier alpha value is -0.640. The van der Waals surface area contributed by atoms with E-state index < -0.39 is 0 Å². The van der Waals surface area contributed by atoms with Crippen molar-refractivity contribution in [1.82, 2.24) is 5.32 Å². The third-order valence-electron chi connectivity index (χ3n) is 3.23. The minimum Gasteiger partial charge on any atom is -0.380 e. The van der Waals surface area contributed by atoms with Gasteiger partial charge >= 0.3 is 0 Å². The van der Waals surface area contributed by atoms with Crippen LogP contribution in [0.1, 0.15) is 32.3 Å². The first kappa shape index (κ1) is 16.4. The Balaban J connectivity index is 2.78. The van der Waals surface area contributed by atoms with E-state index >= 15 is 0 Å². The highest BCUT2D eigenvalue weighted by Crippen LogP contribution is 2.18. The molecule has 0 spiro atoms. The van der Waals surface area contributed by atoms with E-state index in [1.165, 1.54) is 6.07 Å². The van der Waals surface area contributed by atoms with Gasteiger partial charge in [0, 0.05) is 13.2 Å². The van der Waals surface area contributed by atoms with Crippen LogP contribution in [-0.4, -0.2) is 25.8 Å². The van der Waals surface area contributed by atoms with E-state index in [1.807, 2.05) is 6.07 Å². The summed E-state index contributed by atoms with van der Waals surface area (Å²) < 4.78 is 19.0. The molecule has 2 unspecified atom stereocenters. The largest absolute Gasteiger partial charge is 0.380 e. The Morgan fingerprint density at radius 1 is 1.37 bits per heavy atom. The molecular weight excluding hydrogens is 265 g/mol. The van der Waals surface area contributed by atoms with Crippen LogP contribution in [0.5, 0.6) is 0 Å². The van der Waals surface area contributed by atoms with Crippen LogP contribution in [0.2, 0.25) is 5.02 Å². The molecule has 0 aromatic heterocycles. The maximum absolute atomic E-state index is 13.5. The molecule has 0 fully saturated rings. The van der Waals surface area contributed by atoms with Crippen LogP contribution in [0, 0.1) is 5.82 Å². The van der Waals surface area contributed by atoms with Crippen LogP contribution in [0.25, 0.3) is 0 Å². The Morgan fingerprint density at radius 3 is 2.63 bits per heavy atom. The summed E-state index contributed by atoms with van der Waals surface area (Å²) in [6.07, 6.45) is 2.93. The van der Waals surface area contributed by atoms with E-state index in [9.17, 15) is 4.39 Å². The van der Waals surface area contributed by atoms with Crippen LogP contribution in [0.3, 0.4) is 0 Å². The summed E-state index contributed by atoms with van der Waals surface area (Å²) in [6, 6.07) is 5.17. The summed E-state index contributed by atoms with van der Waals surface area (Å²) in [5, 5.41) is 3.59. The van der Waals surface area contributed by atoms with Gasteiger partial charge in [-0.05, 0) is 37.1 Å².